The van der Waals surface area contributed by atoms with E-state index < -0.39 is 0 Å². The number of nitrogens with zero attached hydrogens (tertiary/aromatic N) is 2. The maximum atomic E-state index is 12.0. The Kier molecular flexibility index (Phi) is 5.32. The molecule has 0 spiro atoms. The molecule has 2 rings (SSSR count). The minimum atomic E-state index is -0.113. The standard InChI is InChI=1S/C15H24N4O/c1-11(2)7-8-16-14-10-17-13(9-18-14)15(20)19-12-5-3-4-6-12/h9-12H,3-8H2,1-2H3,(H,16,18)(H,19,20). The van der Waals surface area contributed by atoms with E-state index >= 15 is 0 Å². The van der Waals surface area contributed by atoms with Gasteiger partial charge in [0.1, 0.15) is 11.5 Å². The SMILES string of the molecule is CC(C)CCNc1cnc(C(=O)NC2CCCC2)cn1. The van der Waals surface area contributed by atoms with Crippen molar-refractivity contribution in [2.24, 2.45) is 5.92 Å². The van der Waals surface area contributed by atoms with E-state index in [0.29, 0.717) is 17.7 Å². The monoisotopic (exact) mass is 276 g/mol. The molecule has 1 aromatic rings. The van der Waals surface area contributed by atoms with Crippen LogP contribution < -0.4 is 10.6 Å². The Morgan fingerprint density at radius 1 is 1.30 bits per heavy atom. The van der Waals surface area contributed by atoms with Crippen molar-refractivity contribution in [2.75, 3.05) is 11.9 Å². The zero-order valence-electron chi connectivity index (χ0n) is 12.4. The highest BCUT2D eigenvalue weighted by Crippen LogP contribution is 2.17. The van der Waals surface area contributed by atoms with Gasteiger partial charge in [0.05, 0.1) is 12.4 Å². The minimum absolute atomic E-state index is 0.113. The van der Waals surface area contributed by atoms with Gasteiger partial charge in [-0.05, 0) is 25.2 Å². The van der Waals surface area contributed by atoms with Crippen LogP contribution in [0.25, 0.3) is 0 Å². The number of aromatic nitrogens is 2. The van der Waals surface area contributed by atoms with E-state index in [2.05, 4.69) is 34.4 Å². The zero-order valence-corrected chi connectivity index (χ0v) is 12.4. The van der Waals surface area contributed by atoms with E-state index in [-0.39, 0.29) is 5.91 Å². The van der Waals surface area contributed by atoms with Gasteiger partial charge in [0.15, 0.2) is 0 Å². The van der Waals surface area contributed by atoms with E-state index in [1.54, 1.807) is 12.4 Å². The van der Waals surface area contributed by atoms with Crippen molar-refractivity contribution in [1.29, 1.82) is 0 Å². The van der Waals surface area contributed by atoms with Gasteiger partial charge in [-0.15, -0.1) is 0 Å². The van der Waals surface area contributed by atoms with Crippen LogP contribution in [0, 0.1) is 5.92 Å². The molecule has 0 atom stereocenters. The lowest BCUT2D eigenvalue weighted by Gasteiger charge is -2.11. The highest BCUT2D eigenvalue weighted by molar-refractivity contribution is 5.92. The van der Waals surface area contributed by atoms with Crippen molar-refractivity contribution in [3.8, 4) is 0 Å². The Labute approximate surface area is 120 Å². The molecule has 0 radical (unpaired) electrons. The molecule has 110 valence electrons. The molecule has 1 saturated carbocycles. The van der Waals surface area contributed by atoms with Crippen molar-refractivity contribution in [2.45, 2.75) is 52.0 Å². The average molecular weight is 276 g/mol. The number of rotatable bonds is 6. The number of hydrogen-bond donors (Lipinski definition) is 2. The summed E-state index contributed by atoms with van der Waals surface area (Å²) in [5.74, 6) is 1.27. The second-order valence-corrected chi connectivity index (χ2v) is 5.85. The molecule has 0 aromatic carbocycles. The Hall–Kier alpha value is -1.65. The molecule has 1 amide bonds. The molecule has 0 unspecified atom stereocenters. The highest BCUT2D eigenvalue weighted by atomic mass is 16.1. The highest BCUT2D eigenvalue weighted by Gasteiger charge is 2.18. The van der Waals surface area contributed by atoms with Crippen LogP contribution in [0.5, 0.6) is 0 Å². The largest absolute Gasteiger partial charge is 0.369 e. The van der Waals surface area contributed by atoms with Crippen LogP contribution in [0.15, 0.2) is 12.4 Å². The van der Waals surface area contributed by atoms with E-state index in [9.17, 15) is 4.79 Å². The average Bonchev–Trinajstić information content (AvgIpc) is 2.92. The smallest absolute Gasteiger partial charge is 0.271 e. The molecule has 5 nitrogen and oxygen atoms in total. The van der Waals surface area contributed by atoms with E-state index in [1.165, 1.54) is 12.8 Å². The van der Waals surface area contributed by atoms with Gasteiger partial charge < -0.3 is 10.6 Å². The van der Waals surface area contributed by atoms with Crippen LogP contribution in [-0.4, -0.2) is 28.5 Å². The van der Waals surface area contributed by atoms with Crippen molar-refractivity contribution in [3.63, 3.8) is 0 Å². The fraction of sp³-hybridized carbons (Fsp3) is 0.667. The van der Waals surface area contributed by atoms with Gasteiger partial charge in [-0.2, -0.15) is 0 Å². The summed E-state index contributed by atoms with van der Waals surface area (Å²) in [7, 11) is 0. The van der Waals surface area contributed by atoms with E-state index in [1.807, 2.05) is 0 Å². The number of carbonyl (C=O) groups is 1. The van der Waals surface area contributed by atoms with Crippen LogP contribution in [0.3, 0.4) is 0 Å². The summed E-state index contributed by atoms with van der Waals surface area (Å²) in [6.45, 7) is 5.24. The molecule has 1 fully saturated rings. The Balaban J connectivity index is 1.82. The van der Waals surface area contributed by atoms with Crippen molar-refractivity contribution >= 4 is 11.7 Å². The fourth-order valence-corrected chi connectivity index (χ4v) is 2.35. The number of amides is 1. The molecule has 1 aliphatic rings. The summed E-state index contributed by atoms with van der Waals surface area (Å²) >= 11 is 0. The van der Waals surface area contributed by atoms with Crippen LogP contribution in [-0.2, 0) is 0 Å². The van der Waals surface area contributed by atoms with Gasteiger partial charge in [-0.1, -0.05) is 26.7 Å². The first-order valence-corrected chi connectivity index (χ1v) is 7.52. The molecule has 1 aromatic heterocycles. The minimum Gasteiger partial charge on any atom is -0.369 e. The van der Waals surface area contributed by atoms with Crippen LogP contribution in [0.2, 0.25) is 0 Å². The quantitative estimate of drug-likeness (QED) is 0.838. The van der Waals surface area contributed by atoms with Crippen molar-refractivity contribution in [1.82, 2.24) is 15.3 Å². The van der Waals surface area contributed by atoms with Gasteiger partial charge in [0, 0.05) is 12.6 Å². The zero-order chi connectivity index (χ0) is 14.4. The third-order valence-corrected chi connectivity index (χ3v) is 3.60. The lowest BCUT2D eigenvalue weighted by Crippen LogP contribution is -2.33. The summed E-state index contributed by atoms with van der Waals surface area (Å²) in [4.78, 5) is 20.4. The molecular weight excluding hydrogens is 252 g/mol. The summed E-state index contributed by atoms with van der Waals surface area (Å²) in [6, 6.07) is 0.313. The molecule has 2 N–H and O–H groups in total. The molecule has 1 aliphatic carbocycles. The normalized spacial score (nSPS) is 15.6. The Morgan fingerprint density at radius 2 is 2.05 bits per heavy atom. The third-order valence-electron chi connectivity index (χ3n) is 3.60. The lowest BCUT2D eigenvalue weighted by atomic mass is 10.1. The second kappa shape index (κ2) is 7.22. The topological polar surface area (TPSA) is 66.9 Å². The van der Waals surface area contributed by atoms with Crippen LogP contribution in [0.4, 0.5) is 5.82 Å². The summed E-state index contributed by atoms with van der Waals surface area (Å²) in [5.41, 5.74) is 0.395. The van der Waals surface area contributed by atoms with Gasteiger partial charge >= 0.3 is 0 Å². The summed E-state index contributed by atoms with van der Waals surface area (Å²) in [6.07, 6.45) is 8.82. The maximum absolute atomic E-state index is 12.0. The van der Waals surface area contributed by atoms with Gasteiger partial charge in [-0.25, -0.2) is 9.97 Å². The number of carbonyl (C=O) groups excluding carboxylic acids is 1. The molecule has 20 heavy (non-hydrogen) atoms. The van der Waals surface area contributed by atoms with Crippen LogP contribution >= 0.6 is 0 Å². The van der Waals surface area contributed by atoms with Gasteiger partial charge in [-0.3, -0.25) is 4.79 Å². The fourth-order valence-electron chi connectivity index (χ4n) is 2.35. The molecule has 0 saturated heterocycles. The first kappa shape index (κ1) is 14.8. The Bertz CT molecular complexity index is 424. The van der Waals surface area contributed by atoms with Crippen molar-refractivity contribution in [3.05, 3.63) is 18.1 Å². The summed E-state index contributed by atoms with van der Waals surface area (Å²) in [5, 5.41) is 6.22. The van der Waals surface area contributed by atoms with E-state index in [0.717, 1.165) is 31.6 Å². The molecule has 1 heterocycles. The van der Waals surface area contributed by atoms with Gasteiger partial charge in [0.2, 0.25) is 0 Å². The molecule has 5 heteroatoms. The number of anilines is 1. The first-order valence-electron chi connectivity index (χ1n) is 7.52. The number of hydrogen-bond acceptors (Lipinski definition) is 4. The van der Waals surface area contributed by atoms with E-state index in [4.69, 9.17) is 0 Å². The molecule has 0 aliphatic heterocycles. The second-order valence-electron chi connectivity index (χ2n) is 5.85. The molecular formula is C15H24N4O. The first-order chi connectivity index (χ1) is 9.65. The third kappa shape index (κ3) is 4.47. The predicted molar refractivity (Wildman–Crippen MR) is 79.7 cm³/mol. The summed E-state index contributed by atoms with van der Waals surface area (Å²) < 4.78 is 0. The van der Waals surface area contributed by atoms with Crippen LogP contribution in [0.1, 0.15) is 56.4 Å². The lowest BCUT2D eigenvalue weighted by molar-refractivity contribution is 0.0932. The Morgan fingerprint density at radius 3 is 2.65 bits per heavy atom. The maximum Gasteiger partial charge on any atom is 0.271 e. The molecule has 0 bridgehead atoms. The van der Waals surface area contributed by atoms with Crippen molar-refractivity contribution < 1.29 is 4.79 Å². The number of nitrogens with one attached hydrogen (secondary N) is 2. The van der Waals surface area contributed by atoms with Gasteiger partial charge in [0.25, 0.3) is 5.91 Å². The predicted octanol–water partition coefficient (Wildman–Crippen LogP) is 2.61.